The summed E-state index contributed by atoms with van der Waals surface area (Å²) in [5.74, 6) is 1.14. The summed E-state index contributed by atoms with van der Waals surface area (Å²) >= 11 is 6.03. The van der Waals surface area contributed by atoms with Crippen molar-refractivity contribution in [1.82, 2.24) is 0 Å². The van der Waals surface area contributed by atoms with Gasteiger partial charge in [-0.1, -0.05) is 18.5 Å². The van der Waals surface area contributed by atoms with E-state index >= 15 is 0 Å². The molecule has 1 aromatic rings. The van der Waals surface area contributed by atoms with Gasteiger partial charge in [0, 0.05) is 16.1 Å². The molecule has 0 fully saturated rings. The van der Waals surface area contributed by atoms with E-state index in [0.29, 0.717) is 25.0 Å². The Morgan fingerprint density at radius 1 is 1.53 bits per heavy atom. The zero-order valence-electron chi connectivity index (χ0n) is 8.63. The topological polar surface area (TPSA) is 44.5 Å². The first kappa shape index (κ1) is 10.7. The molecule has 0 aliphatic carbocycles. The number of ether oxygens (including phenoxy) is 2. The van der Waals surface area contributed by atoms with Gasteiger partial charge in [-0.25, -0.2) is 0 Å². The van der Waals surface area contributed by atoms with Crippen LogP contribution in [0.5, 0.6) is 5.75 Å². The lowest BCUT2D eigenvalue weighted by Gasteiger charge is -2.23. The molecule has 2 N–H and O–H groups in total. The van der Waals surface area contributed by atoms with E-state index in [1.165, 1.54) is 0 Å². The van der Waals surface area contributed by atoms with Crippen molar-refractivity contribution in [3.8, 4) is 5.75 Å². The molecule has 1 aliphatic heterocycles. The van der Waals surface area contributed by atoms with Crippen molar-refractivity contribution in [3.63, 3.8) is 0 Å². The van der Waals surface area contributed by atoms with Crippen LogP contribution in [0, 0.1) is 0 Å². The largest absolute Gasteiger partial charge is 0.467 e. The fraction of sp³-hybridized carbons (Fsp3) is 0.455. The average Bonchev–Trinajstić information content (AvgIpc) is 2.26. The minimum atomic E-state index is 0.246. The van der Waals surface area contributed by atoms with Gasteiger partial charge >= 0.3 is 0 Å². The third-order valence-corrected chi connectivity index (χ3v) is 2.81. The fourth-order valence-corrected chi connectivity index (χ4v) is 1.95. The van der Waals surface area contributed by atoms with E-state index in [1.54, 1.807) is 0 Å². The number of hydrogen-bond acceptors (Lipinski definition) is 3. The van der Waals surface area contributed by atoms with Gasteiger partial charge in [-0.05, 0) is 24.6 Å². The lowest BCUT2D eigenvalue weighted by atomic mass is 9.97. The second-order valence-electron chi connectivity index (χ2n) is 3.73. The molecular formula is C11H14ClNO2. The third-order valence-electron chi connectivity index (χ3n) is 2.59. The van der Waals surface area contributed by atoms with Gasteiger partial charge in [0.15, 0.2) is 6.79 Å². The van der Waals surface area contributed by atoms with E-state index in [1.807, 2.05) is 12.1 Å². The van der Waals surface area contributed by atoms with Crippen LogP contribution in [0.15, 0.2) is 12.1 Å². The zero-order valence-corrected chi connectivity index (χ0v) is 9.38. The van der Waals surface area contributed by atoms with Crippen molar-refractivity contribution in [1.29, 1.82) is 0 Å². The van der Waals surface area contributed by atoms with E-state index in [-0.39, 0.29) is 5.92 Å². The number of nitrogens with two attached hydrogens (primary N) is 1. The smallest absolute Gasteiger partial charge is 0.189 e. The first-order valence-corrected chi connectivity index (χ1v) is 5.33. The number of halogens is 1. The Kier molecular flexibility index (Phi) is 3.14. The molecule has 1 aliphatic rings. The van der Waals surface area contributed by atoms with Crippen LogP contribution < -0.4 is 10.5 Å². The van der Waals surface area contributed by atoms with Gasteiger partial charge in [-0.2, -0.15) is 0 Å². The molecule has 0 saturated carbocycles. The fourth-order valence-electron chi connectivity index (χ4n) is 1.70. The van der Waals surface area contributed by atoms with Crippen LogP contribution in [0.25, 0.3) is 0 Å². The summed E-state index contributed by atoms with van der Waals surface area (Å²) < 4.78 is 10.7. The molecule has 1 atom stereocenters. The van der Waals surface area contributed by atoms with E-state index in [2.05, 4.69) is 6.92 Å². The van der Waals surface area contributed by atoms with Crippen molar-refractivity contribution in [3.05, 3.63) is 28.3 Å². The quantitative estimate of drug-likeness (QED) is 0.843. The first-order chi connectivity index (χ1) is 7.22. The molecule has 82 valence electrons. The summed E-state index contributed by atoms with van der Waals surface area (Å²) in [6.45, 7) is 3.50. The van der Waals surface area contributed by atoms with Gasteiger partial charge in [0.25, 0.3) is 0 Å². The lowest BCUT2D eigenvalue weighted by Crippen LogP contribution is -2.16. The minimum absolute atomic E-state index is 0.246. The summed E-state index contributed by atoms with van der Waals surface area (Å²) in [4.78, 5) is 0. The molecule has 1 unspecified atom stereocenters. The van der Waals surface area contributed by atoms with Crippen molar-refractivity contribution < 1.29 is 9.47 Å². The van der Waals surface area contributed by atoms with Crippen molar-refractivity contribution in [2.75, 3.05) is 13.3 Å². The Balaban J connectivity index is 2.47. The molecular weight excluding hydrogens is 214 g/mol. The number of benzene rings is 1. The van der Waals surface area contributed by atoms with Crippen LogP contribution in [-0.2, 0) is 11.3 Å². The van der Waals surface area contributed by atoms with Crippen LogP contribution in [0.2, 0.25) is 5.02 Å². The first-order valence-electron chi connectivity index (χ1n) is 4.95. The molecule has 1 heterocycles. The van der Waals surface area contributed by atoms with Gasteiger partial charge in [0.2, 0.25) is 0 Å². The molecule has 0 amide bonds. The molecule has 0 aromatic heterocycles. The summed E-state index contributed by atoms with van der Waals surface area (Å²) in [6.07, 6.45) is 0. The highest BCUT2D eigenvalue weighted by atomic mass is 35.5. The van der Waals surface area contributed by atoms with Crippen LogP contribution in [-0.4, -0.2) is 13.3 Å². The summed E-state index contributed by atoms with van der Waals surface area (Å²) in [6, 6.07) is 3.80. The Hall–Kier alpha value is -0.770. The monoisotopic (exact) mass is 227 g/mol. The maximum atomic E-state index is 6.03. The molecule has 4 heteroatoms. The Morgan fingerprint density at radius 3 is 3.07 bits per heavy atom. The second-order valence-corrected chi connectivity index (χ2v) is 4.17. The molecule has 0 radical (unpaired) electrons. The molecule has 0 bridgehead atoms. The maximum absolute atomic E-state index is 6.03. The van der Waals surface area contributed by atoms with Gasteiger partial charge in [0.1, 0.15) is 5.75 Å². The van der Waals surface area contributed by atoms with Crippen LogP contribution in [0.4, 0.5) is 0 Å². The number of rotatable bonds is 2. The lowest BCUT2D eigenvalue weighted by molar-refractivity contribution is -0.0172. The Labute approximate surface area is 94.1 Å². The van der Waals surface area contributed by atoms with E-state index < -0.39 is 0 Å². The average molecular weight is 228 g/mol. The highest BCUT2D eigenvalue weighted by Gasteiger charge is 2.19. The van der Waals surface area contributed by atoms with Crippen molar-refractivity contribution in [2.45, 2.75) is 19.4 Å². The predicted molar refractivity (Wildman–Crippen MR) is 59.2 cm³/mol. The van der Waals surface area contributed by atoms with Crippen LogP contribution >= 0.6 is 11.6 Å². The van der Waals surface area contributed by atoms with Gasteiger partial charge < -0.3 is 15.2 Å². The van der Waals surface area contributed by atoms with Crippen molar-refractivity contribution in [2.24, 2.45) is 5.73 Å². The van der Waals surface area contributed by atoms with E-state index in [0.717, 1.165) is 16.9 Å². The molecule has 15 heavy (non-hydrogen) atoms. The molecule has 0 saturated heterocycles. The van der Waals surface area contributed by atoms with E-state index in [9.17, 15) is 0 Å². The molecule has 1 aromatic carbocycles. The second kappa shape index (κ2) is 4.39. The molecule has 3 nitrogen and oxygen atoms in total. The minimum Gasteiger partial charge on any atom is -0.467 e. The third kappa shape index (κ3) is 2.09. The van der Waals surface area contributed by atoms with Crippen LogP contribution in [0.3, 0.4) is 0 Å². The summed E-state index contributed by atoms with van der Waals surface area (Å²) in [5, 5.41) is 0.707. The van der Waals surface area contributed by atoms with E-state index in [4.69, 9.17) is 26.8 Å². The standard InChI is InChI=1S/C11H14ClNO2/c1-7(4-13)10-3-9(12)2-8-5-14-6-15-11(8)10/h2-3,7H,4-6,13H2,1H3. The summed E-state index contributed by atoms with van der Waals surface area (Å²) in [7, 11) is 0. The number of fused-ring (bicyclic) bond motifs is 1. The van der Waals surface area contributed by atoms with Gasteiger partial charge in [-0.15, -0.1) is 0 Å². The highest BCUT2D eigenvalue weighted by molar-refractivity contribution is 6.30. The Bertz CT molecular complexity index is 368. The van der Waals surface area contributed by atoms with Gasteiger partial charge in [0.05, 0.1) is 6.61 Å². The normalized spacial score (nSPS) is 16.7. The zero-order chi connectivity index (χ0) is 10.8. The van der Waals surface area contributed by atoms with Gasteiger partial charge in [-0.3, -0.25) is 0 Å². The maximum Gasteiger partial charge on any atom is 0.189 e. The number of hydrogen-bond donors (Lipinski definition) is 1. The summed E-state index contributed by atoms with van der Waals surface area (Å²) in [5.41, 5.74) is 7.73. The SMILES string of the molecule is CC(CN)c1cc(Cl)cc2c1OCOC2. The molecule has 2 rings (SSSR count). The highest BCUT2D eigenvalue weighted by Crippen LogP contribution is 2.35. The predicted octanol–water partition coefficient (Wildman–Crippen LogP) is 2.27. The van der Waals surface area contributed by atoms with Crippen LogP contribution in [0.1, 0.15) is 24.0 Å². The molecule has 0 spiro atoms. The Morgan fingerprint density at radius 2 is 2.33 bits per heavy atom. The van der Waals surface area contributed by atoms with Crippen molar-refractivity contribution >= 4 is 11.6 Å².